The van der Waals surface area contributed by atoms with Crippen molar-refractivity contribution in [2.24, 2.45) is 11.8 Å². The number of nitriles is 5. The maximum atomic E-state index is 12.7. The fraction of sp³-hybridized carbons (Fsp3) is 0.515. The molecule has 2 rings (SSSR count). The molecule has 2 amide bonds. The number of hydrogen-bond donors (Lipinski definition) is 1. The summed E-state index contributed by atoms with van der Waals surface area (Å²) in [6, 6.07) is 9.94. The molecule has 11 nitrogen and oxygen atoms in total. The molecule has 1 N–H and O–H groups in total. The van der Waals surface area contributed by atoms with Crippen LogP contribution in [0.3, 0.4) is 0 Å². The summed E-state index contributed by atoms with van der Waals surface area (Å²) < 4.78 is 0. The molecule has 0 aromatic carbocycles. The summed E-state index contributed by atoms with van der Waals surface area (Å²) >= 11 is 0. The van der Waals surface area contributed by atoms with Gasteiger partial charge >= 0.3 is 0 Å². The highest BCUT2D eigenvalue weighted by atomic mass is 16.2. The van der Waals surface area contributed by atoms with Gasteiger partial charge in [0.15, 0.2) is 0 Å². The van der Waals surface area contributed by atoms with Crippen LogP contribution in [0.5, 0.6) is 0 Å². The third-order valence-electron chi connectivity index (χ3n) is 7.93. The Morgan fingerprint density at radius 3 is 1.84 bits per heavy atom. The highest BCUT2D eigenvalue weighted by molar-refractivity contribution is 5.81. The van der Waals surface area contributed by atoms with E-state index in [4.69, 9.17) is 6.57 Å². The number of nitrogens with one attached hydrogen (secondary N) is 1. The van der Waals surface area contributed by atoms with Gasteiger partial charge in [-0.05, 0) is 49.7 Å². The highest BCUT2D eigenvalue weighted by Crippen LogP contribution is 2.38. The van der Waals surface area contributed by atoms with Gasteiger partial charge in [0.05, 0.1) is 35.9 Å². The van der Waals surface area contributed by atoms with Crippen molar-refractivity contribution in [3.05, 3.63) is 56.2 Å². The van der Waals surface area contributed by atoms with Gasteiger partial charge in [-0.3, -0.25) is 9.59 Å². The van der Waals surface area contributed by atoms with E-state index in [0.717, 1.165) is 37.7 Å². The average molecular weight is 592 g/mol. The van der Waals surface area contributed by atoms with Gasteiger partial charge in [-0.2, -0.15) is 21.0 Å². The second kappa shape index (κ2) is 16.9. The van der Waals surface area contributed by atoms with E-state index in [1.165, 1.54) is 9.80 Å². The minimum absolute atomic E-state index is 0.0923. The molecule has 2 aliphatic carbocycles. The first kappa shape index (κ1) is 34.8. The minimum atomic E-state index is -0.461. The molecule has 0 aliphatic heterocycles. The van der Waals surface area contributed by atoms with Crippen molar-refractivity contribution < 1.29 is 9.59 Å². The lowest BCUT2D eigenvalue weighted by molar-refractivity contribution is -0.133. The van der Waals surface area contributed by atoms with Crippen molar-refractivity contribution in [3.8, 4) is 30.3 Å². The van der Waals surface area contributed by atoms with E-state index in [1.807, 2.05) is 18.2 Å². The van der Waals surface area contributed by atoms with Gasteiger partial charge in [-0.1, -0.05) is 24.8 Å². The molecule has 0 heterocycles. The predicted molar refractivity (Wildman–Crippen MR) is 161 cm³/mol. The number of carbonyl (C=O) groups excluding carboxylic acids is 2. The summed E-state index contributed by atoms with van der Waals surface area (Å²) in [7, 11) is 6.64. The summed E-state index contributed by atoms with van der Waals surface area (Å²) in [6.45, 7) is 7.91. The molecule has 0 aromatic heterocycles. The quantitative estimate of drug-likeness (QED) is 0.207. The van der Waals surface area contributed by atoms with Crippen LogP contribution in [0.1, 0.15) is 64.2 Å². The van der Waals surface area contributed by atoms with Crippen molar-refractivity contribution in [1.29, 1.82) is 26.3 Å². The Bertz CT molecular complexity index is 1390. The maximum Gasteiger partial charge on any atom is 0.266 e. The average Bonchev–Trinajstić information content (AvgIpc) is 3.02. The molecule has 44 heavy (non-hydrogen) atoms. The zero-order chi connectivity index (χ0) is 32.8. The van der Waals surface area contributed by atoms with Gasteiger partial charge in [-0.15, -0.1) is 0 Å². The van der Waals surface area contributed by atoms with Crippen molar-refractivity contribution >= 4 is 11.8 Å². The molecule has 0 radical (unpaired) electrons. The molecule has 2 unspecified atom stereocenters. The fourth-order valence-electron chi connectivity index (χ4n) is 5.73. The molecule has 0 spiro atoms. The fourth-order valence-corrected chi connectivity index (χ4v) is 5.73. The molecule has 0 bridgehead atoms. The third kappa shape index (κ3) is 8.58. The molecule has 2 atom stereocenters. The molecule has 2 aliphatic rings. The van der Waals surface area contributed by atoms with Crippen LogP contribution < -0.4 is 5.32 Å². The Kier molecular flexibility index (Phi) is 13.4. The number of nitrogens with zero attached hydrogens (tertiary/aromatic N) is 8. The van der Waals surface area contributed by atoms with E-state index in [-0.39, 0.29) is 41.5 Å². The smallest absolute Gasteiger partial charge is 0.266 e. The summed E-state index contributed by atoms with van der Waals surface area (Å²) in [6.07, 6.45) is 6.02. The second-order valence-electron chi connectivity index (χ2n) is 11.3. The summed E-state index contributed by atoms with van der Waals surface area (Å²) in [5.74, 6) is -1.09. The SMILES string of the molecule is [C-]#[N+]/C(C#N)=C1\CC(C(=O)N(C)C)CC(NCCCCCCCC2=C(C#N)C(=C(C#N)C#N)CC(C(=O)N(C)C)C2)=C1C#N. The Labute approximate surface area is 260 Å². The third-order valence-corrected chi connectivity index (χ3v) is 7.93. The van der Waals surface area contributed by atoms with Gasteiger partial charge in [0, 0.05) is 58.7 Å². The van der Waals surface area contributed by atoms with Gasteiger partial charge in [-0.25, -0.2) is 10.1 Å². The van der Waals surface area contributed by atoms with Crippen LogP contribution in [0.4, 0.5) is 0 Å². The summed E-state index contributed by atoms with van der Waals surface area (Å²) in [5.41, 5.74) is 2.43. The normalized spacial score (nSPS) is 18.8. The van der Waals surface area contributed by atoms with Crippen LogP contribution in [0.2, 0.25) is 0 Å². The van der Waals surface area contributed by atoms with Crippen molar-refractivity contribution in [1.82, 2.24) is 15.1 Å². The van der Waals surface area contributed by atoms with E-state index in [2.05, 4.69) is 22.3 Å². The first-order chi connectivity index (χ1) is 21.1. The largest absolute Gasteiger partial charge is 0.387 e. The summed E-state index contributed by atoms with van der Waals surface area (Å²) in [5, 5.41) is 51.3. The zero-order valence-corrected chi connectivity index (χ0v) is 25.8. The second-order valence-corrected chi connectivity index (χ2v) is 11.3. The van der Waals surface area contributed by atoms with Crippen LogP contribution in [0.15, 0.2) is 44.8 Å². The van der Waals surface area contributed by atoms with Crippen molar-refractivity contribution in [3.63, 3.8) is 0 Å². The summed E-state index contributed by atoms with van der Waals surface area (Å²) in [4.78, 5) is 31.7. The van der Waals surface area contributed by atoms with E-state index < -0.39 is 11.8 Å². The van der Waals surface area contributed by atoms with Gasteiger partial charge in [0.25, 0.3) is 5.70 Å². The lowest BCUT2D eigenvalue weighted by Gasteiger charge is -2.29. The Hall–Kier alpha value is -5.36. The zero-order valence-electron chi connectivity index (χ0n) is 25.8. The maximum absolute atomic E-state index is 12.7. The van der Waals surface area contributed by atoms with Crippen LogP contribution in [0.25, 0.3) is 4.85 Å². The topological polar surface area (TPSA) is 176 Å². The molecule has 226 valence electrons. The lowest BCUT2D eigenvalue weighted by Crippen LogP contribution is -2.34. The Morgan fingerprint density at radius 1 is 0.773 bits per heavy atom. The van der Waals surface area contributed by atoms with Crippen molar-refractivity contribution in [2.45, 2.75) is 64.2 Å². The number of amides is 2. The molecule has 0 aromatic rings. The lowest BCUT2D eigenvalue weighted by atomic mass is 9.77. The first-order valence-electron chi connectivity index (χ1n) is 14.5. The molecular weight excluding hydrogens is 554 g/mol. The number of hydrogen-bond acceptors (Lipinski definition) is 8. The van der Waals surface area contributed by atoms with E-state index >= 15 is 0 Å². The van der Waals surface area contributed by atoms with E-state index in [1.54, 1.807) is 28.2 Å². The van der Waals surface area contributed by atoms with E-state index in [0.29, 0.717) is 48.2 Å². The number of rotatable bonds is 11. The van der Waals surface area contributed by atoms with Crippen LogP contribution in [-0.4, -0.2) is 56.3 Å². The Balaban J connectivity index is 2.02. The Morgan fingerprint density at radius 2 is 1.32 bits per heavy atom. The molecule has 0 saturated heterocycles. The van der Waals surface area contributed by atoms with Crippen LogP contribution in [0, 0.1) is 75.1 Å². The number of allylic oxidation sites excluding steroid dienone is 8. The monoisotopic (exact) mass is 591 g/mol. The van der Waals surface area contributed by atoms with E-state index in [9.17, 15) is 35.9 Å². The first-order valence-corrected chi connectivity index (χ1v) is 14.5. The van der Waals surface area contributed by atoms with Crippen LogP contribution >= 0.6 is 0 Å². The van der Waals surface area contributed by atoms with Crippen molar-refractivity contribution in [2.75, 3.05) is 34.7 Å². The van der Waals surface area contributed by atoms with Crippen LogP contribution in [-0.2, 0) is 9.59 Å². The molecular formula is C33H37N9O2. The number of unbranched alkanes of at least 4 members (excludes halogenated alkanes) is 4. The minimum Gasteiger partial charge on any atom is -0.387 e. The molecule has 11 heteroatoms. The predicted octanol–water partition coefficient (Wildman–Crippen LogP) is 4.55. The van der Waals surface area contributed by atoms with Gasteiger partial charge in [0.1, 0.15) is 17.7 Å². The van der Waals surface area contributed by atoms with Gasteiger partial charge in [0.2, 0.25) is 11.8 Å². The highest BCUT2D eigenvalue weighted by Gasteiger charge is 2.33. The standard InChI is InChI=1S/C33H37N9O2/c1-39-31(21-38)27-15-24(33(44)42(4)5)16-30(29(27)20-37)40-12-10-8-6-7-9-11-22-13-23(32(43)41(2)3)14-26(28(22)19-36)25(17-34)18-35/h23-24,40H,6-16H2,2-5H3/b31-27+. The molecule has 0 saturated carbocycles. The molecule has 0 fully saturated rings. The number of carbonyl (C=O) groups is 2. The van der Waals surface area contributed by atoms with Gasteiger partial charge < -0.3 is 15.1 Å².